The molecule has 0 aliphatic carbocycles. The Morgan fingerprint density at radius 1 is 1.32 bits per heavy atom. The fraction of sp³-hybridized carbons (Fsp3) is 0.381. The average Bonchev–Trinajstić information content (AvgIpc) is 3.16. The highest BCUT2D eigenvalue weighted by atomic mass is 32.2. The highest BCUT2D eigenvalue weighted by Gasteiger charge is 2.21. The lowest BCUT2D eigenvalue weighted by molar-refractivity contribution is -0.115. The number of hydrogen-bond donors (Lipinski definition) is 1. The molecule has 3 rings (SSSR count). The van der Waals surface area contributed by atoms with E-state index in [2.05, 4.69) is 10.3 Å². The van der Waals surface area contributed by atoms with Gasteiger partial charge in [-0.25, -0.2) is 13.8 Å². The van der Waals surface area contributed by atoms with E-state index in [-0.39, 0.29) is 11.2 Å². The van der Waals surface area contributed by atoms with Crippen molar-refractivity contribution in [3.8, 4) is 0 Å². The predicted octanol–water partition coefficient (Wildman–Crippen LogP) is 4.45. The van der Waals surface area contributed by atoms with E-state index in [1.807, 2.05) is 13.0 Å². The van der Waals surface area contributed by atoms with Crippen LogP contribution in [0.5, 0.6) is 0 Å². The van der Waals surface area contributed by atoms with Crippen molar-refractivity contribution in [3.63, 3.8) is 0 Å². The van der Waals surface area contributed by atoms with E-state index in [4.69, 9.17) is 4.74 Å². The normalized spacial score (nSPS) is 12.3. The monoisotopic (exact) mass is 467 g/mol. The smallest absolute Gasteiger partial charge is 0.262 e. The minimum atomic E-state index is -1.04. The maximum Gasteiger partial charge on any atom is 0.262 e. The molecule has 1 amide bonds. The lowest BCUT2D eigenvalue weighted by atomic mass is 10.3. The Hall–Kier alpha value is -2.30. The van der Waals surface area contributed by atoms with Crippen molar-refractivity contribution in [2.45, 2.75) is 43.6 Å². The molecular formula is C21H23F2N3O3S2. The van der Waals surface area contributed by atoms with Crippen molar-refractivity contribution in [1.82, 2.24) is 9.55 Å². The first-order chi connectivity index (χ1) is 14.8. The molecule has 0 radical (unpaired) electrons. The van der Waals surface area contributed by atoms with Gasteiger partial charge in [-0.3, -0.25) is 14.2 Å². The molecule has 1 unspecified atom stereocenters. The summed E-state index contributed by atoms with van der Waals surface area (Å²) >= 11 is 2.61. The van der Waals surface area contributed by atoms with E-state index >= 15 is 0 Å². The largest absolute Gasteiger partial charge is 0.385 e. The van der Waals surface area contributed by atoms with Crippen LogP contribution in [0.15, 0.2) is 34.2 Å². The highest BCUT2D eigenvalue weighted by Crippen LogP contribution is 2.28. The second kappa shape index (κ2) is 10.3. The molecular weight excluding hydrogens is 444 g/mol. The summed E-state index contributed by atoms with van der Waals surface area (Å²) in [4.78, 5) is 32.0. The van der Waals surface area contributed by atoms with Gasteiger partial charge in [0.15, 0.2) is 16.8 Å². The Labute approximate surface area is 186 Å². The van der Waals surface area contributed by atoms with Crippen LogP contribution in [0.2, 0.25) is 0 Å². The minimum absolute atomic E-state index is 0.146. The summed E-state index contributed by atoms with van der Waals surface area (Å²) in [5.41, 5.74) is 0.0101. The summed E-state index contributed by atoms with van der Waals surface area (Å²) in [6.07, 6.45) is 1.43. The second-order valence-corrected chi connectivity index (χ2v) is 9.28. The fourth-order valence-corrected chi connectivity index (χ4v) is 4.85. The van der Waals surface area contributed by atoms with Crippen LogP contribution in [0.1, 0.15) is 25.1 Å². The molecule has 10 heteroatoms. The number of nitrogens with zero attached hydrogens (tertiary/aromatic N) is 2. The highest BCUT2D eigenvalue weighted by molar-refractivity contribution is 8.00. The SMILES string of the molecule is CCc1cc2c(=O)n(CCCOC)c(SC(C)C(=O)Nc3ccc(F)c(F)c3)nc2s1. The maximum atomic E-state index is 13.4. The van der Waals surface area contributed by atoms with Crippen molar-refractivity contribution in [1.29, 1.82) is 0 Å². The quantitative estimate of drug-likeness (QED) is 0.286. The van der Waals surface area contributed by atoms with E-state index in [0.29, 0.717) is 34.9 Å². The zero-order valence-corrected chi connectivity index (χ0v) is 19.0. The molecule has 3 aromatic rings. The number of carbonyl (C=O) groups is 1. The van der Waals surface area contributed by atoms with Gasteiger partial charge in [-0.1, -0.05) is 18.7 Å². The van der Waals surface area contributed by atoms with Gasteiger partial charge in [0, 0.05) is 36.9 Å². The number of carbonyl (C=O) groups excluding carboxylic acids is 1. The summed E-state index contributed by atoms with van der Waals surface area (Å²) in [7, 11) is 1.59. The van der Waals surface area contributed by atoms with Crippen LogP contribution < -0.4 is 10.9 Å². The Balaban J connectivity index is 1.86. The summed E-state index contributed by atoms with van der Waals surface area (Å²) in [5.74, 6) is -2.43. The van der Waals surface area contributed by atoms with Gasteiger partial charge in [0.25, 0.3) is 5.56 Å². The molecule has 2 aromatic heterocycles. The number of benzene rings is 1. The van der Waals surface area contributed by atoms with Crippen LogP contribution in [-0.4, -0.2) is 34.4 Å². The summed E-state index contributed by atoms with van der Waals surface area (Å²) in [6, 6.07) is 5.04. The first-order valence-corrected chi connectivity index (χ1v) is 11.5. The van der Waals surface area contributed by atoms with Gasteiger partial charge in [0.2, 0.25) is 5.91 Å². The van der Waals surface area contributed by atoms with E-state index in [1.54, 1.807) is 18.6 Å². The number of fused-ring (bicyclic) bond motifs is 1. The van der Waals surface area contributed by atoms with Crippen molar-refractivity contribution < 1.29 is 18.3 Å². The second-order valence-electron chi connectivity index (χ2n) is 6.86. The molecule has 1 atom stereocenters. The lowest BCUT2D eigenvalue weighted by Gasteiger charge is -2.15. The number of halogens is 2. The Morgan fingerprint density at radius 2 is 2.10 bits per heavy atom. The van der Waals surface area contributed by atoms with Gasteiger partial charge in [-0.05, 0) is 38.0 Å². The van der Waals surface area contributed by atoms with Gasteiger partial charge in [-0.2, -0.15) is 0 Å². The Kier molecular flexibility index (Phi) is 7.79. The Morgan fingerprint density at radius 3 is 2.77 bits per heavy atom. The fourth-order valence-electron chi connectivity index (χ4n) is 2.90. The molecule has 0 saturated heterocycles. The van der Waals surface area contributed by atoms with Crippen LogP contribution in [-0.2, 0) is 22.5 Å². The van der Waals surface area contributed by atoms with Crippen LogP contribution >= 0.6 is 23.1 Å². The van der Waals surface area contributed by atoms with E-state index in [0.717, 1.165) is 35.2 Å². The molecule has 0 saturated carbocycles. The number of aryl methyl sites for hydroxylation is 1. The van der Waals surface area contributed by atoms with E-state index in [9.17, 15) is 18.4 Å². The number of ether oxygens (including phenoxy) is 1. The molecule has 2 heterocycles. The molecule has 1 N–H and O–H groups in total. The third-order valence-corrected chi connectivity index (χ3v) is 6.85. The number of aromatic nitrogens is 2. The number of amides is 1. The van der Waals surface area contributed by atoms with Crippen molar-refractivity contribution in [3.05, 3.63) is 51.1 Å². The van der Waals surface area contributed by atoms with Gasteiger partial charge < -0.3 is 10.1 Å². The van der Waals surface area contributed by atoms with Crippen LogP contribution in [0.3, 0.4) is 0 Å². The summed E-state index contributed by atoms with van der Waals surface area (Å²) in [5, 5.41) is 2.95. The molecule has 6 nitrogen and oxygen atoms in total. The number of thioether (sulfide) groups is 1. The van der Waals surface area contributed by atoms with Crippen LogP contribution in [0.25, 0.3) is 10.2 Å². The van der Waals surface area contributed by atoms with Crippen LogP contribution in [0, 0.1) is 11.6 Å². The van der Waals surface area contributed by atoms with E-state index in [1.165, 1.54) is 17.4 Å². The van der Waals surface area contributed by atoms with E-state index < -0.39 is 22.8 Å². The van der Waals surface area contributed by atoms with Gasteiger partial charge >= 0.3 is 0 Å². The number of thiophene rings is 1. The molecule has 31 heavy (non-hydrogen) atoms. The standard InChI is InChI=1S/C21H23F2N3O3S2/c1-4-14-11-15-19(31-14)25-21(26(20(15)28)8-5-9-29-3)30-12(2)18(27)24-13-6-7-16(22)17(23)10-13/h6-7,10-12H,4-5,8-9H2,1-3H3,(H,24,27). The number of anilines is 1. The lowest BCUT2D eigenvalue weighted by Crippen LogP contribution is -2.27. The maximum absolute atomic E-state index is 13.4. The van der Waals surface area contributed by atoms with Gasteiger partial charge in [0.05, 0.1) is 10.6 Å². The summed E-state index contributed by atoms with van der Waals surface area (Å²) < 4.78 is 33.2. The molecule has 0 spiro atoms. The minimum Gasteiger partial charge on any atom is -0.385 e. The number of hydrogen-bond acceptors (Lipinski definition) is 6. The first-order valence-electron chi connectivity index (χ1n) is 9.78. The topological polar surface area (TPSA) is 73.2 Å². The first kappa shape index (κ1) is 23.4. The Bertz CT molecular complexity index is 1150. The molecule has 0 aliphatic heterocycles. The zero-order valence-electron chi connectivity index (χ0n) is 17.4. The molecule has 166 valence electrons. The number of rotatable bonds is 9. The molecule has 0 aliphatic rings. The van der Waals surface area contributed by atoms with Gasteiger partial charge in [0.1, 0.15) is 4.83 Å². The third-order valence-electron chi connectivity index (χ3n) is 4.58. The van der Waals surface area contributed by atoms with Gasteiger partial charge in [-0.15, -0.1) is 11.3 Å². The van der Waals surface area contributed by atoms with Crippen LogP contribution in [0.4, 0.5) is 14.5 Å². The van der Waals surface area contributed by atoms with Crippen molar-refractivity contribution >= 4 is 44.9 Å². The van der Waals surface area contributed by atoms with Crippen molar-refractivity contribution in [2.75, 3.05) is 19.0 Å². The zero-order chi connectivity index (χ0) is 22.5. The molecule has 0 bridgehead atoms. The molecule has 0 fully saturated rings. The summed E-state index contributed by atoms with van der Waals surface area (Å²) in [6.45, 7) is 4.58. The average molecular weight is 468 g/mol. The number of nitrogens with one attached hydrogen (secondary N) is 1. The molecule has 1 aromatic carbocycles. The third kappa shape index (κ3) is 5.50. The number of methoxy groups -OCH3 is 1. The predicted molar refractivity (Wildman–Crippen MR) is 120 cm³/mol. The van der Waals surface area contributed by atoms with Crippen molar-refractivity contribution in [2.24, 2.45) is 0 Å².